The van der Waals surface area contributed by atoms with Crippen LogP contribution in [-0.2, 0) is 9.53 Å². The smallest absolute Gasteiger partial charge is 0.330 e. The van der Waals surface area contributed by atoms with E-state index >= 15 is 0 Å². The summed E-state index contributed by atoms with van der Waals surface area (Å²) in [7, 11) is 0. The summed E-state index contributed by atoms with van der Waals surface area (Å²) in [6.07, 6.45) is 0. The molecule has 0 aromatic carbocycles. The van der Waals surface area contributed by atoms with Crippen molar-refractivity contribution in [1.82, 2.24) is 10.2 Å². The van der Waals surface area contributed by atoms with Gasteiger partial charge in [0.2, 0.25) is 0 Å². The van der Waals surface area contributed by atoms with E-state index in [4.69, 9.17) is 4.74 Å². The van der Waals surface area contributed by atoms with Crippen LogP contribution in [0.3, 0.4) is 0 Å². The van der Waals surface area contributed by atoms with Crippen molar-refractivity contribution in [2.75, 3.05) is 26.2 Å². The summed E-state index contributed by atoms with van der Waals surface area (Å²) in [5, 5.41) is 3.12. The first kappa shape index (κ1) is 15.9. The van der Waals surface area contributed by atoms with E-state index < -0.39 is 6.04 Å². The summed E-state index contributed by atoms with van der Waals surface area (Å²) in [6, 6.07) is 1.20. The maximum Gasteiger partial charge on any atom is 0.330 e. The summed E-state index contributed by atoms with van der Waals surface area (Å²) in [4.78, 5) is 26.1. The lowest BCUT2D eigenvalue weighted by Gasteiger charge is -2.34. The molecule has 2 rings (SSSR count). The predicted molar refractivity (Wildman–Crippen MR) is 84.0 cm³/mol. The van der Waals surface area contributed by atoms with Crippen molar-refractivity contribution in [1.29, 1.82) is 0 Å². The van der Waals surface area contributed by atoms with E-state index in [2.05, 4.69) is 37.2 Å². The molecule has 1 aliphatic heterocycles. The summed E-state index contributed by atoms with van der Waals surface area (Å²) in [5.41, 5.74) is 0.568. The van der Waals surface area contributed by atoms with Crippen LogP contribution in [0.1, 0.15) is 17.3 Å². The number of hydrogen-bond acceptors (Lipinski definition) is 5. The molecule has 20 heavy (non-hydrogen) atoms. The average Bonchev–Trinajstić information content (AvgIpc) is 2.77. The van der Waals surface area contributed by atoms with Crippen molar-refractivity contribution in [3.8, 4) is 0 Å². The Morgan fingerprint density at radius 1 is 1.55 bits per heavy atom. The number of piperazine rings is 1. The average molecular weight is 426 g/mol. The van der Waals surface area contributed by atoms with E-state index in [1.54, 1.807) is 17.9 Å². The minimum absolute atomic E-state index is 0.154. The molecule has 1 unspecified atom stereocenters. The first-order valence-electron chi connectivity index (χ1n) is 6.17. The van der Waals surface area contributed by atoms with Crippen molar-refractivity contribution >= 4 is 55.1 Å². The maximum atomic E-state index is 12.6. The number of carbonyl (C=O) groups is 2. The number of rotatable bonds is 3. The van der Waals surface area contributed by atoms with Gasteiger partial charge in [-0.3, -0.25) is 4.79 Å². The number of nitrogens with one attached hydrogen (secondary N) is 1. The number of carbonyl (C=O) groups excluding carboxylic acids is 2. The molecule has 1 aromatic heterocycles. The molecular weight excluding hydrogens is 412 g/mol. The lowest BCUT2D eigenvalue weighted by molar-refractivity contribution is -0.149. The highest BCUT2D eigenvalue weighted by Crippen LogP contribution is 2.33. The molecule has 1 N–H and O–H groups in total. The molecule has 110 valence electrons. The Morgan fingerprint density at radius 3 is 2.90 bits per heavy atom. The third kappa shape index (κ3) is 3.41. The number of thiophene rings is 1. The Labute approximate surface area is 137 Å². The minimum atomic E-state index is -0.568. The van der Waals surface area contributed by atoms with Crippen LogP contribution in [0.5, 0.6) is 0 Å². The second-order valence-electron chi connectivity index (χ2n) is 4.21. The second kappa shape index (κ2) is 7.02. The van der Waals surface area contributed by atoms with E-state index in [1.807, 2.05) is 0 Å². The van der Waals surface area contributed by atoms with Gasteiger partial charge in [0, 0.05) is 19.6 Å². The quantitative estimate of drug-likeness (QED) is 0.754. The normalized spacial score (nSPS) is 18.9. The van der Waals surface area contributed by atoms with Gasteiger partial charge in [0.25, 0.3) is 5.91 Å². The van der Waals surface area contributed by atoms with Crippen LogP contribution in [0.15, 0.2) is 13.6 Å². The third-order valence-electron chi connectivity index (χ3n) is 2.95. The van der Waals surface area contributed by atoms with E-state index in [0.29, 0.717) is 31.8 Å². The van der Waals surface area contributed by atoms with Crippen molar-refractivity contribution in [3.63, 3.8) is 0 Å². The lowest BCUT2D eigenvalue weighted by Crippen LogP contribution is -2.57. The summed E-state index contributed by atoms with van der Waals surface area (Å²) >= 11 is 8.17. The van der Waals surface area contributed by atoms with Gasteiger partial charge in [-0.05, 0) is 44.8 Å². The molecule has 1 saturated heterocycles. The van der Waals surface area contributed by atoms with Crippen LogP contribution < -0.4 is 5.32 Å². The van der Waals surface area contributed by atoms with Crippen molar-refractivity contribution in [2.45, 2.75) is 13.0 Å². The topological polar surface area (TPSA) is 58.6 Å². The van der Waals surface area contributed by atoms with Crippen LogP contribution >= 0.6 is 43.2 Å². The molecular formula is C12H14Br2N2O3S. The maximum absolute atomic E-state index is 12.6. The molecule has 2 heterocycles. The fourth-order valence-electron chi connectivity index (χ4n) is 2.04. The fourth-order valence-corrected chi connectivity index (χ4v) is 4.81. The molecule has 0 saturated carbocycles. The number of hydrogen-bond donors (Lipinski definition) is 1. The lowest BCUT2D eigenvalue weighted by atomic mass is 10.1. The fraction of sp³-hybridized carbons (Fsp3) is 0.500. The van der Waals surface area contributed by atoms with E-state index in [9.17, 15) is 9.59 Å². The standard InChI is InChI=1S/C12H14Br2N2O3S/c1-2-19-12(18)8-6-15-3-4-16(8)11(17)7-5-9(13)20-10(7)14/h5,8,15H,2-4,6H2,1H3. The van der Waals surface area contributed by atoms with Gasteiger partial charge in [0.1, 0.15) is 6.04 Å². The molecule has 0 aliphatic carbocycles. The van der Waals surface area contributed by atoms with E-state index in [1.165, 1.54) is 11.3 Å². The molecule has 1 fully saturated rings. The van der Waals surface area contributed by atoms with Crippen LogP contribution in [0.2, 0.25) is 0 Å². The molecule has 1 atom stereocenters. The highest BCUT2D eigenvalue weighted by molar-refractivity contribution is 9.12. The number of amides is 1. The van der Waals surface area contributed by atoms with E-state index in [0.717, 1.165) is 7.57 Å². The van der Waals surface area contributed by atoms with Crippen molar-refractivity contribution < 1.29 is 14.3 Å². The molecule has 8 heteroatoms. The van der Waals surface area contributed by atoms with Crippen molar-refractivity contribution in [3.05, 3.63) is 19.2 Å². The van der Waals surface area contributed by atoms with Gasteiger partial charge < -0.3 is 15.0 Å². The Balaban J connectivity index is 2.21. The monoisotopic (exact) mass is 424 g/mol. The Morgan fingerprint density at radius 2 is 2.30 bits per heavy atom. The zero-order valence-electron chi connectivity index (χ0n) is 10.8. The highest BCUT2D eigenvalue weighted by Gasteiger charge is 2.34. The molecule has 1 amide bonds. The number of esters is 1. The van der Waals surface area contributed by atoms with Gasteiger partial charge >= 0.3 is 5.97 Å². The zero-order valence-corrected chi connectivity index (χ0v) is 14.8. The van der Waals surface area contributed by atoms with Gasteiger partial charge in [-0.25, -0.2) is 4.79 Å². The van der Waals surface area contributed by atoms with Crippen LogP contribution in [-0.4, -0.2) is 49.1 Å². The van der Waals surface area contributed by atoms with E-state index in [-0.39, 0.29) is 11.9 Å². The van der Waals surface area contributed by atoms with Gasteiger partial charge in [-0.15, -0.1) is 11.3 Å². The largest absolute Gasteiger partial charge is 0.464 e. The number of ether oxygens (including phenoxy) is 1. The van der Waals surface area contributed by atoms with Crippen LogP contribution in [0.25, 0.3) is 0 Å². The first-order valence-corrected chi connectivity index (χ1v) is 8.58. The Kier molecular flexibility index (Phi) is 5.59. The molecule has 0 spiro atoms. The Hall–Kier alpha value is -0.440. The third-order valence-corrected chi connectivity index (χ3v) is 5.29. The second-order valence-corrected chi connectivity index (χ2v) is 7.96. The first-order chi connectivity index (χ1) is 9.54. The highest BCUT2D eigenvalue weighted by atomic mass is 79.9. The molecule has 0 bridgehead atoms. The molecule has 1 aromatic rings. The van der Waals surface area contributed by atoms with Gasteiger partial charge in [0.05, 0.1) is 19.7 Å². The molecule has 0 radical (unpaired) electrons. The SMILES string of the molecule is CCOC(=O)C1CNCCN1C(=O)c1cc(Br)sc1Br. The van der Waals surface area contributed by atoms with Crippen molar-refractivity contribution in [2.24, 2.45) is 0 Å². The summed E-state index contributed by atoms with van der Waals surface area (Å²) < 4.78 is 6.67. The molecule has 1 aliphatic rings. The predicted octanol–water partition coefficient (Wildman–Crippen LogP) is 2.25. The van der Waals surface area contributed by atoms with Gasteiger partial charge in [-0.1, -0.05) is 0 Å². The molecule has 5 nitrogen and oxygen atoms in total. The summed E-state index contributed by atoms with van der Waals surface area (Å²) in [5.74, 6) is -0.517. The number of halogens is 2. The van der Waals surface area contributed by atoms with Gasteiger partial charge in [-0.2, -0.15) is 0 Å². The van der Waals surface area contributed by atoms with Crippen LogP contribution in [0, 0.1) is 0 Å². The minimum Gasteiger partial charge on any atom is -0.464 e. The number of nitrogens with zero attached hydrogens (tertiary/aromatic N) is 1. The van der Waals surface area contributed by atoms with Gasteiger partial charge in [0.15, 0.2) is 0 Å². The zero-order chi connectivity index (χ0) is 14.7. The van der Waals surface area contributed by atoms with Crippen LogP contribution in [0.4, 0.5) is 0 Å². The summed E-state index contributed by atoms with van der Waals surface area (Å²) in [6.45, 7) is 3.65. The Bertz CT molecular complexity index is 521.